The minimum absolute atomic E-state index is 0.0460. The van der Waals surface area contributed by atoms with Crippen LogP contribution < -0.4 is 20.1 Å². The van der Waals surface area contributed by atoms with Crippen molar-refractivity contribution in [3.8, 4) is 17.4 Å². The van der Waals surface area contributed by atoms with Crippen LogP contribution in [0.3, 0.4) is 0 Å². The van der Waals surface area contributed by atoms with Crippen molar-refractivity contribution >= 4 is 0 Å². The molecule has 1 aromatic heterocycles. The van der Waals surface area contributed by atoms with Crippen LogP contribution in [0.2, 0.25) is 0 Å². The van der Waals surface area contributed by atoms with Crippen LogP contribution >= 0.6 is 0 Å². The van der Waals surface area contributed by atoms with E-state index in [2.05, 4.69) is 34.8 Å². The molecule has 0 aliphatic heterocycles. The van der Waals surface area contributed by atoms with Crippen molar-refractivity contribution < 1.29 is 19.1 Å². The molecule has 7 nitrogen and oxygen atoms in total. The molecule has 0 saturated carbocycles. The van der Waals surface area contributed by atoms with Crippen molar-refractivity contribution in [1.82, 2.24) is 15.8 Å². The third-order valence-electron chi connectivity index (χ3n) is 6.65. The van der Waals surface area contributed by atoms with Crippen molar-refractivity contribution in [2.45, 2.75) is 76.7 Å². The molecule has 1 aliphatic carbocycles. The maximum absolute atomic E-state index is 9.19. The summed E-state index contributed by atoms with van der Waals surface area (Å²) in [6, 6.07) is 6.44. The lowest BCUT2D eigenvalue weighted by atomic mass is 9.76. The van der Waals surface area contributed by atoms with E-state index in [1.54, 1.807) is 20.3 Å². The second-order valence-electron chi connectivity index (χ2n) is 8.93. The van der Waals surface area contributed by atoms with Crippen molar-refractivity contribution in [1.29, 1.82) is 0 Å². The lowest BCUT2D eigenvalue weighted by Gasteiger charge is -2.35. The van der Waals surface area contributed by atoms with Gasteiger partial charge in [-0.2, -0.15) is 0 Å². The fraction of sp³-hybridized carbons (Fsp3) is 0.654. The minimum Gasteiger partial charge on any atom is -0.493 e. The maximum atomic E-state index is 9.19. The van der Waals surface area contributed by atoms with E-state index in [9.17, 15) is 5.11 Å². The molecular weight excluding hydrogens is 418 g/mol. The molecule has 3 N–H and O–H groups in total. The Kier molecular flexibility index (Phi) is 10.3. The third kappa shape index (κ3) is 7.11. The number of hydrogen-bond acceptors (Lipinski definition) is 7. The molecule has 1 unspecified atom stereocenters. The summed E-state index contributed by atoms with van der Waals surface area (Å²) in [6.07, 6.45) is 10.2. The summed E-state index contributed by atoms with van der Waals surface area (Å²) in [7, 11) is 3.46. The molecular formula is C26H41N3O4. The van der Waals surface area contributed by atoms with Crippen LogP contribution in [0.1, 0.15) is 74.7 Å². The van der Waals surface area contributed by atoms with Crippen LogP contribution in [0.5, 0.6) is 17.4 Å². The Bertz CT molecular complexity index is 839. The summed E-state index contributed by atoms with van der Waals surface area (Å²) in [4.78, 5) is 0. The van der Waals surface area contributed by atoms with Gasteiger partial charge in [0.2, 0.25) is 0 Å². The topological polar surface area (TPSA) is 88.8 Å². The predicted molar refractivity (Wildman–Crippen MR) is 131 cm³/mol. The lowest BCUT2D eigenvalue weighted by molar-refractivity contribution is 0.332. The molecule has 0 fully saturated rings. The quantitative estimate of drug-likeness (QED) is 0.336. The third-order valence-corrected chi connectivity index (χ3v) is 6.65. The Labute approximate surface area is 198 Å². The van der Waals surface area contributed by atoms with E-state index in [1.165, 1.54) is 43.2 Å². The summed E-state index contributed by atoms with van der Waals surface area (Å²) in [6.45, 7) is 5.15. The number of nitrogens with one attached hydrogen (secondary N) is 2. The molecule has 7 heteroatoms. The van der Waals surface area contributed by atoms with Crippen molar-refractivity contribution in [3.63, 3.8) is 0 Å². The molecule has 1 aliphatic rings. The van der Waals surface area contributed by atoms with E-state index in [4.69, 9.17) is 14.0 Å². The van der Waals surface area contributed by atoms with Crippen molar-refractivity contribution in [2.24, 2.45) is 0 Å². The van der Waals surface area contributed by atoms with Crippen molar-refractivity contribution in [2.75, 3.05) is 33.9 Å². The van der Waals surface area contributed by atoms with Gasteiger partial charge in [0, 0.05) is 30.6 Å². The lowest BCUT2D eigenvalue weighted by Crippen LogP contribution is -2.39. The van der Waals surface area contributed by atoms with Gasteiger partial charge in [0.25, 0.3) is 5.88 Å². The number of hydrogen-bond donors (Lipinski definition) is 3. The van der Waals surface area contributed by atoms with Gasteiger partial charge >= 0.3 is 0 Å². The van der Waals surface area contributed by atoms with E-state index in [1.807, 2.05) is 0 Å². The van der Waals surface area contributed by atoms with E-state index in [0.29, 0.717) is 17.7 Å². The van der Waals surface area contributed by atoms with Crippen molar-refractivity contribution in [3.05, 3.63) is 35.1 Å². The number of methoxy groups -OCH3 is 2. The molecule has 0 saturated heterocycles. The molecule has 0 bridgehead atoms. The Hall–Kier alpha value is -2.25. The zero-order valence-corrected chi connectivity index (χ0v) is 20.5. The molecule has 184 valence electrons. The number of aromatic hydroxyl groups is 1. The number of unbranched alkanes of at least 4 members (excludes halogenated alkanes) is 3. The average Bonchev–Trinajstić information content (AvgIpc) is 3.25. The fourth-order valence-electron chi connectivity index (χ4n) is 4.98. The highest BCUT2D eigenvalue weighted by Crippen LogP contribution is 2.43. The first-order chi connectivity index (χ1) is 16.2. The monoisotopic (exact) mass is 459 g/mol. The number of ether oxygens (including phenoxy) is 2. The van der Waals surface area contributed by atoms with Gasteiger partial charge in [-0.1, -0.05) is 32.3 Å². The second-order valence-corrected chi connectivity index (χ2v) is 8.93. The van der Waals surface area contributed by atoms with Gasteiger partial charge in [-0.15, -0.1) is 0 Å². The Morgan fingerprint density at radius 3 is 2.67 bits per heavy atom. The number of benzene rings is 1. The SMILES string of the molecule is CCCN[C@H]1CCc2c(ccc(OC)c2OC)C1CCCCCCNCCc1cc(O)no1. The summed E-state index contributed by atoms with van der Waals surface area (Å²) in [5, 5.41) is 19.9. The molecule has 2 aromatic rings. The average molecular weight is 460 g/mol. The van der Waals surface area contributed by atoms with Gasteiger partial charge in [-0.05, 0) is 67.9 Å². The normalized spacial score (nSPS) is 17.7. The molecule has 3 rings (SSSR count). The van der Waals surface area contributed by atoms with E-state index in [-0.39, 0.29) is 5.88 Å². The zero-order chi connectivity index (χ0) is 23.5. The highest BCUT2D eigenvalue weighted by Gasteiger charge is 2.31. The molecule has 33 heavy (non-hydrogen) atoms. The zero-order valence-electron chi connectivity index (χ0n) is 20.5. The first-order valence-corrected chi connectivity index (χ1v) is 12.5. The van der Waals surface area contributed by atoms with Crippen LogP contribution in [0.15, 0.2) is 22.7 Å². The number of aromatic nitrogens is 1. The maximum Gasteiger partial charge on any atom is 0.251 e. The molecule has 2 atom stereocenters. The van der Waals surface area contributed by atoms with Gasteiger partial charge in [-0.3, -0.25) is 0 Å². The largest absolute Gasteiger partial charge is 0.493 e. The Morgan fingerprint density at radius 1 is 1.09 bits per heavy atom. The van der Waals surface area contributed by atoms with Gasteiger partial charge in [-0.25, -0.2) is 0 Å². The van der Waals surface area contributed by atoms with E-state index >= 15 is 0 Å². The highest BCUT2D eigenvalue weighted by molar-refractivity contribution is 5.53. The van der Waals surface area contributed by atoms with Crippen LogP contribution in [0, 0.1) is 0 Å². The minimum atomic E-state index is -0.0460. The smallest absolute Gasteiger partial charge is 0.251 e. The van der Waals surface area contributed by atoms with Gasteiger partial charge < -0.3 is 29.7 Å². The molecule has 0 amide bonds. The number of rotatable bonds is 15. The highest BCUT2D eigenvalue weighted by atomic mass is 16.5. The molecule has 0 radical (unpaired) electrons. The van der Waals surface area contributed by atoms with E-state index < -0.39 is 0 Å². The summed E-state index contributed by atoms with van der Waals surface area (Å²) >= 11 is 0. The summed E-state index contributed by atoms with van der Waals surface area (Å²) < 4.78 is 16.3. The molecule has 1 heterocycles. The van der Waals surface area contributed by atoms with Crippen LogP contribution in [-0.2, 0) is 12.8 Å². The molecule has 1 aromatic carbocycles. The van der Waals surface area contributed by atoms with E-state index in [0.717, 1.165) is 56.8 Å². The first-order valence-electron chi connectivity index (χ1n) is 12.5. The predicted octanol–water partition coefficient (Wildman–Crippen LogP) is 4.58. The number of nitrogens with zero attached hydrogens (tertiary/aromatic N) is 1. The van der Waals surface area contributed by atoms with Crippen LogP contribution in [0.4, 0.5) is 0 Å². The second kappa shape index (κ2) is 13.5. The van der Waals surface area contributed by atoms with Gasteiger partial charge in [0.05, 0.1) is 14.2 Å². The van der Waals surface area contributed by atoms with Gasteiger partial charge in [0.15, 0.2) is 11.5 Å². The molecule has 0 spiro atoms. The van der Waals surface area contributed by atoms with Crippen LogP contribution in [0.25, 0.3) is 0 Å². The van der Waals surface area contributed by atoms with Crippen LogP contribution in [-0.4, -0.2) is 50.2 Å². The standard InChI is InChI=1S/C26H41N3O4/c1-4-15-28-23-12-10-22-20(11-13-24(31-2)26(22)32-3)21(23)9-7-5-6-8-16-27-17-14-19-18-25(30)29-33-19/h11,13,18,21,23,27-28H,4-10,12,14-17H2,1-3H3,(H,29,30)/t21?,23-/m0/s1. The van der Waals surface area contributed by atoms with Gasteiger partial charge in [0.1, 0.15) is 5.76 Å². The fourth-order valence-corrected chi connectivity index (χ4v) is 4.98. The summed E-state index contributed by atoms with van der Waals surface area (Å²) in [5.74, 6) is 2.95. The number of fused-ring (bicyclic) bond motifs is 1. The first kappa shape index (κ1) is 25.4. The summed E-state index contributed by atoms with van der Waals surface area (Å²) in [5.41, 5.74) is 2.77. The Balaban J connectivity index is 1.44. The Morgan fingerprint density at radius 2 is 1.94 bits per heavy atom.